The van der Waals surface area contributed by atoms with Gasteiger partial charge in [0.2, 0.25) is 0 Å². The van der Waals surface area contributed by atoms with Crippen molar-refractivity contribution >= 4 is 28.9 Å². The first-order valence-corrected chi connectivity index (χ1v) is 10.1. The van der Waals surface area contributed by atoms with E-state index in [9.17, 15) is 4.79 Å². The van der Waals surface area contributed by atoms with Crippen molar-refractivity contribution in [2.75, 3.05) is 18.1 Å². The Morgan fingerprint density at radius 2 is 2.08 bits per heavy atom. The summed E-state index contributed by atoms with van der Waals surface area (Å²) < 4.78 is 7.69. The van der Waals surface area contributed by atoms with E-state index in [1.807, 2.05) is 60.2 Å². The molecule has 0 N–H and O–H groups in total. The van der Waals surface area contributed by atoms with Crippen molar-refractivity contribution < 1.29 is 9.53 Å². The summed E-state index contributed by atoms with van der Waals surface area (Å²) in [6, 6.07) is 11.7. The van der Waals surface area contributed by atoms with Crippen LogP contribution in [0.25, 0.3) is 5.13 Å². The molecule has 6 heteroatoms. The number of benzene rings is 1. The fourth-order valence-corrected chi connectivity index (χ4v) is 4.08. The quantitative estimate of drug-likeness (QED) is 0.430. The summed E-state index contributed by atoms with van der Waals surface area (Å²) in [6.45, 7) is 4.58. The molecule has 0 atom stereocenters. The molecule has 0 saturated heterocycles. The predicted octanol–water partition coefficient (Wildman–Crippen LogP) is 4.55. The molecular weight excluding hydrogens is 352 g/mol. The third-order valence-electron chi connectivity index (χ3n) is 3.81. The summed E-state index contributed by atoms with van der Waals surface area (Å²) in [5.41, 5.74) is 2.77. The number of Topliss-reactive ketones (excluding diaryl/α,β-unsaturated/α-hetero) is 1. The van der Waals surface area contributed by atoms with Crippen molar-refractivity contribution in [2.24, 2.45) is 0 Å². The number of para-hydroxylation sites is 1. The number of nitrogens with zero attached hydrogens (tertiary/aromatic N) is 2. The van der Waals surface area contributed by atoms with E-state index in [4.69, 9.17) is 4.74 Å². The second-order valence-electron chi connectivity index (χ2n) is 5.57. The van der Waals surface area contributed by atoms with Crippen LogP contribution in [0, 0.1) is 13.8 Å². The Hall–Kier alpha value is -2.05. The van der Waals surface area contributed by atoms with Gasteiger partial charge in [-0.25, -0.2) is 4.98 Å². The van der Waals surface area contributed by atoms with E-state index in [1.165, 1.54) is 0 Å². The molecule has 2 heterocycles. The first kappa shape index (κ1) is 17.8. The molecule has 0 amide bonds. The second-order valence-corrected chi connectivity index (χ2v) is 7.55. The molecule has 0 aliphatic rings. The van der Waals surface area contributed by atoms with Gasteiger partial charge in [0, 0.05) is 34.3 Å². The van der Waals surface area contributed by atoms with Crippen LogP contribution in [0.4, 0.5) is 0 Å². The molecule has 0 aliphatic carbocycles. The second kappa shape index (κ2) is 8.36. The first-order valence-electron chi connectivity index (χ1n) is 8.04. The van der Waals surface area contributed by atoms with Crippen molar-refractivity contribution in [2.45, 2.75) is 13.8 Å². The summed E-state index contributed by atoms with van der Waals surface area (Å²) >= 11 is 3.17. The zero-order valence-electron chi connectivity index (χ0n) is 14.3. The lowest BCUT2D eigenvalue weighted by Gasteiger charge is -2.06. The average molecular weight is 373 g/mol. The number of rotatable bonds is 8. The van der Waals surface area contributed by atoms with Crippen molar-refractivity contribution in [3.8, 4) is 10.9 Å². The molecule has 25 heavy (non-hydrogen) atoms. The van der Waals surface area contributed by atoms with Crippen LogP contribution in [-0.4, -0.2) is 33.4 Å². The highest BCUT2D eigenvalue weighted by Gasteiger charge is 2.17. The molecular formula is C19H20N2O2S2. The number of hydrogen-bond acceptors (Lipinski definition) is 5. The number of carbonyl (C=O) groups excluding carboxylic acids is 1. The molecule has 3 aromatic rings. The summed E-state index contributed by atoms with van der Waals surface area (Å²) in [7, 11) is 0. The molecule has 0 spiro atoms. The van der Waals surface area contributed by atoms with Gasteiger partial charge < -0.3 is 4.74 Å². The maximum atomic E-state index is 12.5. The third kappa shape index (κ3) is 4.32. The van der Waals surface area contributed by atoms with Gasteiger partial charge in [0.25, 0.3) is 0 Å². The van der Waals surface area contributed by atoms with E-state index >= 15 is 0 Å². The topological polar surface area (TPSA) is 44.1 Å². The molecule has 0 bridgehead atoms. The summed E-state index contributed by atoms with van der Waals surface area (Å²) in [5.74, 6) is 2.26. The SMILES string of the molecule is Cc1cc(C(=O)CSCCOc2ccccc2)c(C)n1-c1nccs1. The number of carbonyl (C=O) groups is 1. The molecule has 3 rings (SSSR count). The minimum atomic E-state index is 0.153. The first-order chi connectivity index (χ1) is 12.2. The van der Waals surface area contributed by atoms with Gasteiger partial charge >= 0.3 is 0 Å². The number of ketones is 1. The fourth-order valence-electron chi connectivity index (χ4n) is 2.64. The molecule has 4 nitrogen and oxygen atoms in total. The highest BCUT2D eigenvalue weighted by molar-refractivity contribution is 8.00. The smallest absolute Gasteiger partial charge is 0.193 e. The van der Waals surface area contributed by atoms with Crippen LogP contribution in [0.5, 0.6) is 5.75 Å². The molecule has 2 aromatic heterocycles. The Kier molecular flexibility index (Phi) is 5.94. The number of thiazole rings is 1. The Morgan fingerprint density at radius 1 is 1.28 bits per heavy atom. The number of thioether (sulfide) groups is 1. The lowest BCUT2D eigenvalue weighted by Crippen LogP contribution is -2.07. The van der Waals surface area contributed by atoms with E-state index in [-0.39, 0.29) is 5.78 Å². The van der Waals surface area contributed by atoms with Crippen molar-refractivity contribution in [1.82, 2.24) is 9.55 Å². The van der Waals surface area contributed by atoms with Crippen LogP contribution in [0.15, 0.2) is 48.0 Å². The van der Waals surface area contributed by atoms with Gasteiger partial charge in [0.05, 0.1) is 12.4 Å². The van der Waals surface area contributed by atoms with Crippen LogP contribution >= 0.6 is 23.1 Å². The van der Waals surface area contributed by atoms with Crippen molar-refractivity contribution in [3.63, 3.8) is 0 Å². The standard InChI is InChI=1S/C19H20N2O2S2/c1-14-12-17(15(2)21(14)19-20-8-10-25-19)18(22)13-24-11-9-23-16-6-4-3-5-7-16/h3-8,10,12H,9,11,13H2,1-2H3. The van der Waals surface area contributed by atoms with Gasteiger partial charge in [-0.05, 0) is 32.0 Å². The van der Waals surface area contributed by atoms with Crippen LogP contribution in [-0.2, 0) is 0 Å². The van der Waals surface area contributed by atoms with Gasteiger partial charge in [-0.3, -0.25) is 9.36 Å². The Bertz CT molecular complexity index is 827. The monoisotopic (exact) mass is 372 g/mol. The van der Waals surface area contributed by atoms with Gasteiger partial charge in [0.1, 0.15) is 5.75 Å². The van der Waals surface area contributed by atoms with E-state index in [0.717, 1.165) is 33.6 Å². The maximum absolute atomic E-state index is 12.5. The maximum Gasteiger partial charge on any atom is 0.193 e. The van der Waals surface area contributed by atoms with Crippen molar-refractivity contribution in [1.29, 1.82) is 0 Å². The molecule has 0 unspecified atom stereocenters. The van der Waals surface area contributed by atoms with Crippen LogP contribution in [0.3, 0.4) is 0 Å². The Balaban J connectivity index is 1.53. The van der Waals surface area contributed by atoms with Crippen LogP contribution in [0.2, 0.25) is 0 Å². The van der Waals surface area contributed by atoms with E-state index in [2.05, 4.69) is 4.98 Å². The minimum Gasteiger partial charge on any atom is -0.493 e. The normalized spacial score (nSPS) is 10.8. The Morgan fingerprint density at radius 3 is 2.80 bits per heavy atom. The highest BCUT2D eigenvalue weighted by atomic mass is 32.2. The number of aromatic nitrogens is 2. The minimum absolute atomic E-state index is 0.153. The molecule has 0 fully saturated rings. The highest BCUT2D eigenvalue weighted by Crippen LogP contribution is 2.23. The van der Waals surface area contributed by atoms with Gasteiger partial charge in [0.15, 0.2) is 10.9 Å². The zero-order chi connectivity index (χ0) is 17.6. The zero-order valence-corrected chi connectivity index (χ0v) is 15.9. The van der Waals surface area contributed by atoms with E-state index in [1.54, 1.807) is 29.3 Å². The number of ether oxygens (including phenoxy) is 1. The fraction of sp³-hybridized carbons (Fsp3) is 0.263. The van der Waals surface area contributed by atoms with Crippen LogP contribution in [0.1, 0.15) is 21.7 Å². The molecule has 0 radical (unpaired) electrons. The largest absolute Gasteiger partial charge is 0.493 e. The summed E-state index contributed by atoms with van der Waals surface area (Å²) in [5, 5.41) is 2.84. The number of aryl methyl sites for hydroxylation is 1. The lowest BCUT2D eigenvalue weighted by molar-refractivity contribution is 0.102. The van der Waals surface area contributed by atoms with Gasteiger partial charge in [-0.1, -0.05) is 18.2 Å². The van der Waals surface area contributed by atoms with Gasteiger partial charge in [-0.15, -0.1) is 11.3 Å². The number of hydrogen-bond donors (Lipinski definition) is 0. The lowest BCUT2D eigenvalue weighted by atomic mass is 10.2. The van der Waals surface area contributed by atoms with E-state index < -0.39 is 0 Å². The summed E-state index contributed by atoms with van der Waals surface area (Å²) in [4.78, 5) is 16.9. The predicted molar refractivity (Wildman–Crippen MR) is 105 cm³/mol. The molecule has 0 saturated carbocycles. The average Bonchev–Trinajstić information content (AvgIpc) is 3.23. The van der Waals surface area contributed by atoms with Gasteiger partial charge in [-0.2, -0.15) is 11.8 Å². The summed E-state index contributed by atoms with van der Waals surface area (Å²) in [6.07, 6.45) is 1.78. The molecule has 0 aliphatic heterocycles. The van der Waals surface area contributed by atoms with E-state index in [0.29, 0.717) is 12.4 Å². The van der Waals surface area contributed by atoms with Crippen molar-refractivity contribution in [3.05, 3.63) is 64.9 Å². The Labute approximate surface area is 155 Å². The third-order valence-corrected chi connectivity index (χ3v) is 5.49. The molecule has 1 aromatic carbocycles. The molecule has 130 valence electrons. The van der Waals surface area contributed by atoms with Crippen LogP contribution < -0.4 is 4.74 Å².